The summed E-state index contributed by atoms with van der Waals surface area (Å²) in [5.74, 6) is 0. The molecule has 0 aliphatic carbocycles. The molecule has 0 saturated carbocycles. The quantitative estimate of drug-likeness (QED) is 0.222. The molecule has 0 spiro atoms. The monoisotopic (exact) mass is 288 g/mol. The molecular formula is C7H23N4Na2O3P. The van der Waals surface area contributed by atoms with Gasteiger partial charge in [0.05, 0.1) is 0 Å². The van der Waals surface area contributed by atoms with Crippen LogP contribution in [0.15, 0.2) is 0 Å². The average Bonchev–Trinajstić information content (AvgIpc) is 2.18. The van der Waals surface area contributed by atoms with Crippen molar-refractivity contribution in [1.29, 1.82) is 0 Å². The van der Waals surface area contributed by atoms with Crippen LogP contribution in [-0.4, -0.2) is 32.7 Å². The molecular weight excluding hydrogens is 265 g/mol. The number of hydrogen-bond donors (Lipinski definition) is 4. The van der Waals surface area contributed by atoms with Crippen LogP contribution >= 0.6 is 8.25 Å². The van der Waals surface area contributed by atoms with Crippen LogP contribution in [0.5, 0.6) is 0 Å². The van der Waals surface area contributed by atoms with Crippen molar-refractivity contribution in [3.63, 3.8) is 0 Å². The first-order chi connectivity index (χ1) is 7.06. The topological polar surface area (TPSA) is 153 Å². The van der Waals surface area contributed by atoms with Crippen LogP contribution in [0.2, 0.25) is 0 Å². The molecule has 0 radical (unpaired) electrons. The number of rotatable bonds is 5. The molecule has 17 heavy (non-hydrogen) atoms. The summed E-state index contributed by atoms with van der Waals surface area (Å²) < 4.78 is 8.52. The van der Waals surface area contributed by atoms with Crippen LogP contribution in [0, 0.1) is 0 Å². The molecule has 0 bridgehead atoms. The molecule has 0 aromatic heterocycles. The van der Waals surface area contributed by atoms with Crippen molar-refractivity contribution in [2.24, 2.45) is 17.2 Å². The fourth-order valence-corrected chi connectivity index (χ4v) is 0.329. The minimum atomic E-state index is -3.63. The molecule has 0 aliphatic rings. The maximum Gasteiger partial charge on any atom is 1.00 e. The SMILES string of the molecule is CCCN.NCCNCCN.O=[PH]([O-])[O-].[Na+].[Na+]. The van der Waals surface area contributed by atoms with Gasteiger partial charge >= 0.3 is 59.1 Å². The zero-order chi connectivity index (χ0) is 12.5. The number of nitrogens with one attached hydrogen (secondary N) is 1. The van der Waals surface area contributed by atoms with E-state index in [0.717, 1.165) is 26.1 Å². The summed E-state index contributed by atoms with van der Waals surface area (Å²) in [7, 11) is -3.63. The van der Waals surface area contributed by atoms with Gasteiger partial charge in [0.1, 0.15) is 0 Å². The van der Waals surface area contributed by atoms with E-state index in [0.29, 0.717) is 13.1 Å². The summed E-state index contributed by atoms with van der Waals surface area (Å²) in [4.78, 5) is 17.0. The predicted octanol–water partition coefficient (Wildman–Crippen LogP) is -9.05. The van der Waals surface area contributed by atoms with E-state index in [4.69, 9.17) is 31.6 Å². The normalized spacial score (nSPS) is 7.71. The Morgan fingerprint density at radius 3 is 1.35 bits per heavy atom. The molecule has 0 heterocycles. The molecule has 0 saturated heterocycles. The van der Waals surface area contributed by atoms with E-state index < -0.39 is 8.25 Å². The molecule has 0 aromatic carbocycles. The van der Waals surface area contributed by atoms with Gasteiger partial charge < -0.3 is 36.9 Å². The third-order valence-electron chi connectivity index (χ3n) is 0.931. The van der Waals surface area contributed by atoms with Crippen molar-refractivity contribution in [3.8, 4) is 0 Å². The third kappa shape index (κ3) is 94.1. The Morgan fingerprint density at radius 2 is 1.24 bits per heavy atom. The molecule has 7 nitrogen and oxygen atoms in total. The van der Waals surface area contributed by atoms with E-state index in [2.05, 4.69) is 12.2 Å². The van der Waals surface area contributed by atoms with Gasteiger partial charge in [-0.25, -0.2) is 0 Å². The summed E-state index contributed by atoms with van der Waals surface area (Å²) in [6, 6.07) is 0. The Morgan fingerprint density at radius 1 is 1.00 bits per heavy atom. The van der Waals surface area contributed by atoms with Gasteiger partial charge in [-0.3, -0.25) is 0 Å². The van der Waals surface area contributed by atoms with E-state index in [1.54, 1.807) is 0 Å². The smallest absolute Gasteiger partial charge is 0.813 e. The Kier molecular flexibility index (Phi) is 66.7. The van der Waals surface area contributed by atoms with Crippen LogP contribution in [0.1, 0.15) is 13.3 Å². The van der Waals surface area contributed by atoms with Crippen molar-refractivity contribution < 1.29 is 73.5 Å². The summed E-state index contributed by atoms with van der Waals surface area (Å²) in [6.45, 7) is 6.01. The summed E-state index contributed by atoms with van der Waals surface area (Å²) in [6.07, 6.45) is 1.10. The Bertz CT molecular complexity index is 117. The first-order valence-electron chi connectivity index (χ1n) is 4.75. The van der Waals surface area contributed by atoms with E-state index in [-0.39, 0.29) is 59.1 Å². The molecule has 7 N–H and O–H groups in total. The summed E-state index contributed by atoms with van der Waals surface area (Å²) in [5.41, 5.74) is 15.4. The van der Waals surface area contributed by atoms with E-state index in [1.807, 2.05) is 0 Å². The van der Waals surface area contributed by atoms with Crippen LogP contribution in [0.4, 0.5) is 0 Å². The number of hydrogen-bond acceptors (Lipinski definition) is 7. The molecule has 0 aromatic rings. The van der Waals surface area contributed by atoms with E-state index >= 15 is 0 Å². The van der Waals surface area contributed by atoms with Gasteiger partial charge in [-0.1, -0.05) is 15.2 Å². The van der Waals surface area contributed by atoms with Crippen molar-refractivity contribution in [2.75, 3.05) is 32.7 Å². The van der Waals surface area contributed by atoms with Gasteiger partial charge in [0.25, 0.3) is 0 Å². The maximum atomic E-state index is 8.52. The Labute approximate surface area is 149 Å². The minimum Gasteiger partial charge on any atom is -0.813 e. The van der Waals surface area contributed by atoms with Crippen LogP contribution in [0.25, 0.3) is 0 Å². The molecule has 10 heteroatoms. The first kappa shape index (κ1) is 31.4. The van der Waals surface area contributed by atoms with Crippen LogP contribution in [-0.2, 0) is 4.57 Å². The zero-order valence-electron chi connectivity index (χ0n) is 11.2. The molecule has 0 rings (SSSR count). The van der Waals surface area contributed by atoms with Crippen LogP contribution in [0.3, 0.4) is 0 Å². The van der Waals surface area contributed by atoms with E-state index in [1.165, 1.54) is 0 Å². The first-order valence-corrected chi connectivity index (χ1v) is 5.98. The Hall–Kier alpha value is 1.99. The molecule has 0 fully saturated rings. The largest absolute Gasteiger partial charge is 1.00 e. The zero-order valence-corrected chi connectivity index (χ0v) is 16.2. The fraction of sp³-hybridized carbons (Fsp3) is 1.00. The van der Waals surface area contributed by atoms with Crippen molar-refractivity contribution in [3.05, 3.63) is 0 Å². The fourth-order valence-electron chi connectivity index (χ4n) is 0.329. The third-order valence-corrected chi connectivity index (χ3v) is 0.931. The minimum absolute atomic E-state index is 0. The molecule has 0 unspecified atom stereocenters. The van der Waals surface area contributed by atoms with Gasteiger partial charge in [0.15, 0.2) is 0 Å². The second-order valence-corrected chi connectivity index (χ2v) is 2.87. The standard InChI is InChI=1S/C4H13N3.C3H9N.2Na.H3O3P/c5-1-3-7-4-2-6;1-2-3-4;;;1-4(2)3/h7H,1-6H2;2-4H2,1H3;;;4H,(H2,1,2,3)/q;;2*+1;/p-2. The van der Waals surface area contributed by atoms with Crippen molar-refractivity contribution in [2.45, 2.75) is 13.3 Å². The second-order valence-electron chi connectivity index (χ2n) is 2.37. The van der Waals surface area contributed by atoms with Gasteiger partial charge in [-0.15, -0.1) is 0 Å². The molecule has 0 atom stereocenters. The summed E-state index contributed by atoms with van der Waals surface area (Å²) in [5, 5.41) is 3.03. The maximum absolute atomic E-state index is 8.52. The Balaban J connectivity index is -0.0000000425. The number of nitrogens with two attached hydrogens (primary N) is 3. The van der Waals surface area contributed by atoms with E-state index in [9.17, 15) is 0 Å². The van der Waals surface area contributed by atoms with Gasteiger partial charge in [-0.05, 0) is 13.0 Å². The van der Waals surface area contributed by atoms with Gasteiger partial charge in [-0.2, -0.15) is 0 Å². The average molecular weight is 288 g/mol. The van der Waals surface area contributed by atoms with Crippen molar-refractivity contribution >= 4 is 8.25 Å². The van der Waals surface area contributed by atoms with Crippen LogP contribution < -0.4 is 91.4 Å². The molecule has 0 amide bonds. The van der Waals surface area contributed by atoms with Crippen molar-refractivity contribution in [1.82, 2.24) is 5.32 Å². The molecule has 96 valence electrons. The second kappa shape index (κ2) is 36.1. The summed E-state index contributed by atoms with van der Waals surface area (Å²) >= 11 is 0. The molecule has 0 aliphatic heterocycles. The van der Waals surface area contributed by atoms with Gasteiger partial charge in [0, 0.05) is 26.2 Å². The predicted molar refractivity (Wildman–Crippen MR) is 59.3 cm³/mol. The van der Waals surface area contributed by atoms with Gasteiger partial charge in [0.2, 0.25) is 0 Å².